The monoisotopic (exact) mass is 682 g/mol. The standard InChI is InChI=1S/C45H66O3Si/c1-39(2,3)27-21-30(42(10,11)12)36-33(24-27)45(19)34-25-28(40(4,5)6)22-31(43(13,14)15)37(34)47-49(20,46-36)48-38-32(44(16,17)18)23-29(26-35(38)45)41(7,8)9/h21-26H,1-20H3/q-1. The molecule has 3 heterocycles. The predicted molar refractivity (Wildman–Crippen MR) is 211 cm³/mol. The minimum Gasteiger partial charge on any atom is -0.634 e. The van der Waals surface area contributed by atoms with Gasteiger partial charge in [0.2, 0.25) is 0 Å². The van der Waals surface area contributed by atoms with Crippen LogP contribution in [0, 0.1) is 0 Å². The Hall–Kier alpha value is -2.72. The van der Waals surface area contributed by atoms with E-state index in [9.17, 15) is 0 Å². The second-order valence-electron chi connectivity index (χ2n) is 21.5. The van der Waals surface area contributed by atoms with Crippen molar-refractivity contribution in [1.82, 2.24) is 0 Å². The van der Waals surface area contributed by atoms with E-state index in [0.29, 0.717) is 0 Å². The lowest BCUT2D eigenvalue weighted by molar-refractivity contribution is 0.242. The molecule has 3 aromatic carbocycles. The van der Waals surface area contributed by atoms with Gasteiger partial charge in [0.1, 0.15) is 0 Å². The fraction of sp³-hybridized carbons (Fsp3) is 0.600. The second kappa shape index (κ2) is 10.9. The molecule has 3 nitrogen and oxygen atoms in total. The Labute approximate surface area is 300 Å². The molecule has 0 N–H and O–H groups in total. The minimum absolute atomic E-state index is 0.0739. The summed E-state index contributed by atoms with van der Waals surface area (Å²) in [5.41, 5.74) is 9.70. The summed E-state index contributed by atoms with van der Waals surface area (Å²) in [7, 11) is -3.49. The van der Waals surface area contributed by atoms with Crippen LogP contribution in [0.3, 0.4) is 0 Å². The highest BCUT2D eigenvalue weighted by molar-refractivity contribution is 6.62. The van der Waals surface area contributed by atoms with Gasteiger partial charge in [-0.2, -0.15) is 0 Å². The minimum atomic E-state index is -3.49. The maximum absolute atomic E-state index is 7.42. The van der Waals surface area contributed by atoms with Gasteiger partial charge in [-0.25, -0.2) is 0 Å². The zero-order valence-electron chi connectivity index (χ0n) is 34.7. The number of rotatable bonds is 0. The van der Waals surface area contributed by atoms with E-state index >= 15 is 0 Å². The first kappa shape index (κ1) is 37.5. The van der Waals surface area contributed by atoms with Crippen LogP contribution < -0.4 is 13.3 Å². The number of hydrogen-bond acceptors (Lipinski definition) is 3. The van der Waals surface area contributed by atoms with Gasteiger partial charge in [0, 0.05) is 16.7 Å². The summed E-state index contributed by atoms with van der Waals surface area (Å²) in [4.78, 5) is 0. The van der Waals surface area contributed by atoms with E-state index in [4.69, 9.17) is 13.3 Å². The molecule has 269 valence electrons. The van der Waals surface area contributed by atoms with Gasteiger partial charge in [0.05, 0.1) is 22.7 Å². The molecule has 0 saturated carbocycles. The van der Waals surface area contributed by atoms with Gasteiger partial charge in [0.25, 0.3) is 0 Å². The molecule has 2 bridgehead atoms. The van der Waals surface area contributed by atoms with Gasteiger partial charge in [0.15, 0.2) is 0 Å². The lowest BCUT2D eigenvalue weighted by Crippen LogP contribution is -2.56. The predicted octanol–water partition coefficient (Wildman–Crippen LogP) is 12.6. The largest absolute Gasteiger partial charge is 0.634 e. The van der Waals surface area contributed by atoms with Crippen molar-refractivity contribution in [2.24, 2.45) is 0 Å². The highest BCUT2D eigenvalue weighted by atomic mass is 28.4. The Morgan fingerprint density at radius 1 is 0.388 bits per heavy atom. The molecule has 49 heavy (non-hydrogen) atoms. The molecule has 3 aromatic rings. The van der Waals surface area contributed by atoms with Crippen molar-refractivity contribution in [2.75, 3.05) is 0 Å². The van der Waals surface area contributed by atoms with Crippen molar-refractivity contribution in [3.05, 3.63) is 86.5 Å². The average molecular weight is 683 g/mol. The van der Waals surface area contributed by atoms with E-state index in [-0.39, 0.29) is 32.5 Å². The molecule has 0 radical (unpaired) electrons. The molecule has 0 unspecified atom stereocenters. The first-order valence-electron chi connectivity index (χ1n) is 18.4. The third-order valence-electron chi connectivity index (χ3n) is 10.8. The van der Waals surface area contributed by atoms with Crippen LogP contribution in [-0.2, 0) is 37.9 Å². The topological polar surface area (TPSA) is 27.7 Å². The molecule has 3 aliphatic heterocycles. The Balaban J connectivity index is 2.18. The molecule has 0 spiro atoms. The van der Waals surface area contributed by atoms with Gasteiger partial charge in [-0.1, -0.05) is 168 Å². The van der Waals surface area contributed by atoms with E-state index in [1.807, 2.05) is 0 Å². The van der Waals surface area contributed by atoms with Crippen LogP contribution in [0.5, 0.6) is 17.2 Å². The molecule has 0 atom stereocenters. The molecular formula is C45H66O3Si-. The van der Waals surface area contributed by atoms with E-state index in [2.05, 4.69) is 174 Å². The van der Waals surface area contributed by atoms with Gasteiger partial charge in [-0.05, 0) is 72.8 Å². The van der Waals surface area contributed by atoms with Crippen LogP contribution in [0.25, 0.3) is 0 Å². The summed E-state index contributed by atoms with van der Waals surface area (Å²) in [6.07, 6.45) is 0. The Morgan fingerprint density at radius 2 is 0.612 bits per heavy atom. The summed E-state index contributed by atoms with van der Waals surface area (Å²) in [6.45, 7) is 46.2. The maximum Gasteiger partial charge on any atom is 0.471 e. The van der Waals surface area contributed by atoms with Gasteiger partial charge in [-0.15, -0.1) is 0 Å². The van der Waals surface area contributed by atoms with Crippen molar-refractivity contribution in [3.8, 4) is 17.2 Å². The SMILES string of the molecule is CC(C)(C)c1cc(C(C)(C)C)c2c(c1)C1(C)c3cc(C(C)(C)C)cc(C(C)(C)C)c3O[Si-](C)(O2)Oc2c(C(C)(C)C)cc(C(C)(C)C)cc21. The van der Waals surface area contributed by atoms with Crippen molar-refractivity contribution in [1.29, 1.82) is 0 Å². The van der Waals surface area contributed by atoms with E-state index in [0.717, 1.165) is 17.2 Å². The fourth-order valence-electron chi connectivity index (χ4n) is 7.35. The molecule has 0 aliphatic carbocycles. The van der Waals surface area contributed by atoms with Gasteiger partial charge < -0.3 is 13.3 Å². The Kier molecular flexibility index (Phi) is 8.34. The van der Waals surface area contributed by atoms with Crippen molar-refractivity contribution in [2.45, 2.75) is 176 Å². The van der Waals surface area contributed by atoms with Crippen LogP contribution in [0.1, 0.15) is 182 Å². The Morgan fingerprint density at radius 3 is 0.796 bits per heavy atom. The molecule has 4 heteroatoms. The normalized spacial score (nSPS) is 21.3. The summed E-state index contributed by atoms with van der Waals surface area (Å²) >= 11 is 0. The van der Waals surface area contributed by atoms with Crippen molar-refractivity contribution in [3.63, 3.8) is 0 Å². The number of hydrogen-bond donors (Lipinski definition) is 0. The summed E-state index contributed by atoms with van der Waals surface area (Å²) in [6, 6.07) is 14.5. The molecule has 0 aromatic heterocycles. The van der Waals surface area contributed by atoms with Crippen LogP contribution >= 0.6 is 0 Å². The molecular weight excluding hydrogens is 617 g/mol. The highest BCUT2D eigenvalue weighted by Crippen LogP contribution is 2.59. The quantitative estimate of drug-likeness (QED) is 0.221. The van der Waals surface area contributed by atoms with Crippen LogP contribution in [-0.4, -0.2) is 8.80 Å². The third kappa shape index (κ3) is 6.49. The molecule has 0 amide bonds. The van der Waals surface area contributed by atoms with E-state index < -0.39 is 14.2 Å². The van der Waals surface area contributed by atoms with E-state index in [1.54, 1.807) is 0 Å². The molecule has 3 aliphatic rings. The lowest BCUT2D eigenvalue weighted by Gasteiger charge is -2.54. The molecule has 6 rings (SSSR count). The first-order valence-corrected chi connectivity index (χ1v) is 20.7. The first-order chi connectivity index (χ1) is 21.8. The number of benzene rings is 3. The molecule has 0 saturated heterocycles. The van der Waals surface area contributed by atoms with Crippen LogP contribution in [0.2, 0.25) is 6.55 Å². The lowest BCUT2D eigenvalue weighted by atomic mass is 9.63. The summed E-state index contributed by atoms with van der Waals surface area (Å²) < 4.78 is 22.3. The summed E-state index contributed by atoms with van der Waals surface area (Å²) in [5, 5.41) is 0. The Bertz CT molecular complexity index is 1590. The molecule has 0 fully saturated rings. The van der Waals surface area contributed by atoms with Crippen LogP contribution in [0.4, 0.5) is 0 Å². The highest BCUT2D eigenvalue weighted by Gasteiger charge is 2.50. The van der Waals surface area contributed by atoms with Gasteiger partial charge in [-0.3, -0.25) is 0 Å². The second-order valence-corrected chi connectivity index (χ2v) is 23.8. The zero-order valence-corrected chi connectivity index (χ0v) is 35.7. The van der Waals surface area contributed by atoms with E-state index in [1.165, 1.54) is 50.1 Å². The maximum atomic E-state index is 7.42. The smallest absolute Gasteiger partial charge is 0.471 e. The van der Waals surface area contributed by atoms with Crippen molar-refractivity contribution >= 4 is 8.80 Å². The van der Waals surface area contributed by atoms with Crippen LogP contribution in [0.15, 0.2) is 36.4 Å². The fourth-order valence-corrected chi connectivity index (χ4v) is 9.25. The van der Waals surface area contributed by atoms with Gasteiger partial charge >= 0.3 is 8.80 Å². The third-order valence-corrected chi connectivity index (χ3v) is 12.5. The zero-order chi connectivity index (χ0) is 37.3. The summed E-state index contributed by atoms with van der Waals surface area (Å²) in [5.74, 6) is 2.77. The average Bonchev–Trinajstić information content (AvgIpc) is 2.87. The van der Waals surface area contributed by atoms with Crippen molar-refractivity contribution < 1.29 is 13.3 Å².